The zero-order valence-electron chi connectivity index (χ0n) is 21.1. The van der Waals surface area contributed by atoms with Gasteiger partial charge in [-0.2, -0.15) is 0 Å². The van der Waals surface area contributed by atoms with Gasteiger partial charge in [0.25, 0.3) is 0 Å². The van der Waals surface area contributed by atoms with Gasteiger partial charge in [0.1, 0.15) is 5.60 Å². The molecule has 6 unspecified atom stereocenters. The van der Waals surface area contributed by atoms with Gasteiger partial charge < -0.3 is 10.2 Å². The van der Waals surface area contributed by atoms with Crippen LogP contribution in [0, 0.1) is 28.6 Å². The third-order valence-corrected chi connectivity index (χ3v) is 11.5. The molecule has 3 fully saturated rings. The van der Waals surface area contributed by atoms with Gasteiger partial charge in [-0.05, 0) is 79.9 Å². The summed E-state index contributed by atoms with van der Waals surface area (Å²) in [5, 5.41) is 24.6. The van der Waals surface area contributed by atoms with Crippen LogP contribution < -0.4 is 0 Å². The number of hydrogen-bond acceptors (Lipinski definition) is 6. The fourth-order valence-corrected chi connectivity index (χ4v) is 9.61. The van der Waals surface area contributed by atoms with Crippen LogP contribution in [0.5, 0.6) is 0 Å². The maximum atomic E-state index is 13.7. The summed E-state index contributed by atoms with van der Waals surface area (Å²) in [6, 6.07) is 9.88. The molecule has 4 aliphatic rings. The number of carbonyl (C=O) groups is 2. The number of Topliss-reactive ketones (excluding diaryl/α,β-unsaturated/α-hetero) is 1. The molecule has 36 heavy (non-hydrogen) atoms. The number of aromatic nitrogens is 1. The van der Waals surface area contributed by atoms with E-state index in [1.54, 1.807) is 6.20 Å². The van der Waals surface area contributed by atoms with Crippen LogP contribution in [0.25, 0.3) is 10.9 Å². The molecule has 2 aromatic rings. The van der Waals surface area contributed by atoms with E-state index in [1.165, 1.54) is 17.3 Å². The highest BCUT2D eigenvalue weighted by atomic mass is 32.2. The highest BCUT2D eigenvalue weighted by Gasteiger charge is 2.68. The van der Waals surface area contributed by atoms with Crippen molar-refractivity contribution < 1.29 is 19.8 Å². The van der Waals surface area contributed by atoms with Crippen molar-refractivity contribution in [2.24, 2.45) is 28.6 Å². The number of thioether (sulfide) groups is 1. The number of fused-ring (bicyclic) bond motifs is 6. The van der Waals surface area contributed by atoms with Gasteiger partial charge in [0.05, 0.1) is 17.4 Å². The summed E-state index contributed by atoms with van der Waals surface area (Å²) < 4.78 is 0. The molecule has 0 aliphatic heterocycles. The number of aliphatic hydroxyl groups excluding tert-OH is 1. The Hall–Kier alpha value is -2.02. The van der Waals surface area contributed by atoms with E-state index in [1.807, 2.05) is 43.3 Å². The first-order valence-corrected chi connectivity index (χ1v) is 14.3. The topological polar surface area (TPSA) is 87.5 Å². The van der Waals surface area contributed by atoms with Gasteiger partial charge in [-0.1, -0.05) is 37.6 Å². The molecule has 1 heterocycles. The van der Waals surface area contributed by atoms with E-state index in [-0.39, 0.29) is 40.5 Å². The van der Waals surface area contributed by atoms with Gasteiger partial charge in [-0.3, -0.25) is 14.6 Å². The van der Waals surface area contributed by atoms with Gasteiger partial charge in [-0.25, -0.2) is 0 Å². The second kappa shape index (κ2) is 8.50. The Balaban J connectivity index is 1.26. The molecule has 190 valence electrons. The van der Waals surface area contributed by atoms with Crippen LogP contribution in [0.3, 0.4) is 0 Å². The number of benzene rings is 1. The Morgan fingerprint density at radius 2 is 1.94 bits per heavy atom. The second-order valence-electron chi connectivity index (χ2n) is 12.0. The molecule has 0 radical (unpaired) electrons. The summed E-state index contributed by atoms with van der Waals surface area (Å²) in [4.78, 5) is 31.3. The summed E-state index contributed by atoms with van der Waals surface area (Å²) in [7, 11) is 0. The summed E-state index contributed by atoms with van der Waals surface area (Å²) in [6.45, 7) is 4.28. The van der Waals surface area contributed by atoms with Crippen LogP contribution >= 0.6 is 11.8 Å². The Labute approximate surface area is 216 Å². The van der Waals surface area contributed by atoms with E-state index < -0.39 is 17.1 Å². The maximum absolute atomic E-state index is 13.7. The predicted molar refractivity (Wildman–Crippen MR) is 141 cm³/mol. The number of rotatable bonds is 4. The fourth-order valence-electron chi connectivity index (χ4n) is 8.61. The Kier molecular flexibility index (Phi) is 5.75. The Morgan fingerprint density at radius 1 is 1.14 bits per heavy atom. The SMILES string of the molecule is CC12CCC(=O)C=C1CCC1C2C(O)CC2(C)C1CC[C@]2(O)C(=O)CSc1cccc2cccnc12. The predicted octanol–water partition coefficient (Wildman–Crippen LogP) is 5.13. The molecule has 4 aliphatic carbocycles. The lowest BCUT2D eigenvalue weighted by Crippen LogP contribution is -2.61. The molecular weight excluding hydrogens is 470 g/mol. The number of pyridine rings is 1. The van der Waals surface area contributed by atoms with Crippen LogP contribution in [-0.4, -0.2) is 44.2 Å². The summed E-state index contributed by atoms with van der Waals surface area (Å²) in [5.74, 6) is 0.784. The van der Waals surface area contributed by atoms with Crippen molar-refractivity contribution in [2.45, 2.75) is 75.4 Å². The molecule has 1 aromatic carbocycles. The van der Waals surface area contributed by atoms with Crippen molar-refractivity contribution in [2.75, 3.05) is 5.75 Å². The lowest BCUT2D eigenvalue weighted by Gasteiger charge is -2.60. The lowest BCUT2D eigenvalue weighted by molar-refractivity contribution is -0.178. The smallest absolute Gasteiger partial charge is 0.175 e. The largest absolute Gasteiger partial charge is 0.393 e. The summed E-state index contributed by atoms with van der Waals surface area (Å²) in [6.07, 6.45) is 7.82. The Bertz CT molecular complexity index is 1270. The average molecular weight is 506 g/mol. The average Bonchev–Trinajstić information content (AvgIpc) is 3.13. The van der Waals surface area contributed by atoms with E-state index in [2.05, 4.69) is 11.9 Å². The molecule has 0 bridgehead atoms. The minimum atomic E-state index is -1.44. The van der Waals surface area contributed by atoms with Crippen molar-refractivity contribution in [3.8, 4) is 0 Å². The molecule has 0 saturated heterocycles. The van der Waals surface area contributed by atoms with Crippen LogP contribution in [0.1, 0.15) is 58.8 Å². The number of hydrogen-bond donors (Lipinski definition) is 2. The van der Waals surface area contributed by atoms with Crippen LogP contribution in [0.4, 0.5) is 0 Å². The van der Waals surface area contributed by atoms with Gasteiger partial charge in [0, 0.05) is 28.3 Å². The first-order valence-electron chi connectivity index (χ1n) is 13.3. The number of carbonyl (C=O) groups excluding carboxylic acids is 2. The molecular formula is C30H35NO4S. The normalized spacial score (nSPS) is 39.8. The van der Waals surface area contributed by atoms with Crippen LogP contribution in [0.2, 0.25) is 0 Å². The van der Waals surface area contributed by atoms with Gasteiger partial charge >= 0.3 is 0 Å². The molecule has 0 amide bonds. The van der Waals surface area contributed by atoms with Crippen molar-refractivity contribution in [3.05, 3.63) is 48.2 Å². The minimum absolute atomic E-state index is 0.0808. The third-order valence-electron chi connectivity index (χ3n) is 10.5. The highest BCUT2D eigenvalue weighted by molar-refractivity contribution is 8.00. The van der Waals surface area contributed by atoms with E-state index in [9.17, 15) is 19.8 Å². The molecule has 0 spiro atoms. The molecule has 2 N–H and O–H groups in total. The second-order valence-corrected chi connectivity index (χ2v) is 13.0. The third kappa shape index (κ3) is 3.40. The van der Waals surface area contributed by atoms with Crippen molar-refractivity contribution >= 4 is 34.2 Å². The zero-order chi connectivity index (χ0) is 25.3. The fraction of sp³-hybridized carbons (Fsp3) is 0.567. The number of aliphatic hydroxyl groups is 2. The number of ketones is 2. The summed E-state index contributed by atoms with van der Waals surface area (Å²) in [5.41, 5.74) is -0.175. The van der Waals surface area contributed by atoms with Crippen LogP contribution in [-0.2, 0) is 9.59 Å². The number of allylic oxidation sites excluding steroid dienone is 1. The molecule has 1 aromatic heterocycles. The molecule has 6 heteroatoms. The molecule has 6 rings (SSSR count). The van der Waals surface area contributed by atoms with E-state index in [0.29, 0.717) is 19.3 Å². The molecule has 5 nitrogen and oxygen atoms in total. The standard InChI is InChI=1S/C30H35NO4S/c1-28-12-10-20(32)15-19(28)8-9-21-22-11-13-30(35,29(22,2)16-23(33)26(21)28)25(34)17-36-24-7-3-5-18-6-4-14-31-27(18)24/h3-7,14-15,21-23,26,33,35H,8-13,16-17H2,1-2H3/t21?,22?,23?,26?,28?,29?,30-/m0/s1. The monoisotopic (exact) mass is 505 g/mol. The van der Waals surface area contributed by atoms with Crippen molar-refractivity contribution in [1.29, 1.82) is 0 Å². The number of nitrogens with zero attached hydrogens (tertiary/aromatic N) is 1. The zero-order valence-corrected chi connectivity index (χ0v) is 21.9. The van der Waals surface area contributed by atoms with Gasteiger partial charge in [0.15, 0.2) is 11.6 Å². The van der Waals surface area contributed by atoms with E-state index in [0.717, 1.165) is 41.5 Å². The minimum Gasteiger partial charge on any atom is -0.393 e. The summed E-state index contributed by atoms with van der Waals surface area (Å²) >= 11 is 1.45. The van der Waals surface area contributed by atoms with E-state index in [4.69, 9.17) is 0 Å². The van der Waals surface area contributed by atoms with Crippen molar-refractivity contribution in [1.82, 2.24) is 4.98 Å². The van der Waals surface area contributed by atoms with E-state index >= 15 is 0 Å². The lowest BCUT2D eigenvalue weighted by atomic mass is 9.45. The molecule has 7 atom stereocenters. The maximum Gasteiger partial charge on any atom is 0.175 e. The number of para-hydroxylation sites is 1. The first kappa shape index (κ1) is 24.3. The quantitative estimate of drug-likeness (QED) is 0.560. The van der Waals surface area contributed by atoms with Gasteiger partial charge in [-0.15, -0.1) is 11.8 Å². The Morgan fingerprint density at radius 3 is 2.78 bits per heavy atom. The van der Waals surface area contributed by atoms with Crippen LogP contribution in [0.15, 0.2) is 53.1 Å². The van der Waals surface area contributed by atoms with Gasteiger partial charge in [0.2, 0.25) is 0 Å². The molecule has 3 saturated carbocycles. The van der Waals surface area contributed by atoms with Crippen molar-refractivity contribution in [3.63, 3.8) is 0 Å². The first-order chi connectivity index (χ1) is 17.2. The highest BCUT2D eigenvalue weighted by Crippen LogP contribution is 2.67.